The average Bonchev–Trinajstić information content (AvgIpc) is 3.37. The van der Waals surface area contributed by atoms with Crippen molar-refractivity contribution in [1.82, 2.24) is 4.98 Å². The Morgan fingerprint density at radius 1 is 0.914 bits per heavy atom. The predicted molar refractivity (Wildman–Crippen MR) is 151 cm³/mol. The summed E-state index contributed by atoms with van der Waals surface area (Å²) in [5.74, 6) is 0.410. The lowest BCUT2D eigenvalue weighted by Gasteiger charge is -2.34. The minimum atomic E-state index is -0.407. The molecule has 0 amide bonds. The molecule has 1 spiro atoms. The monoisotopic (exact) mass is 459 g/mol. The first-order valence-corrected chi connectivity index (χ1v) is 13.1. The summed E-state index contributed by atoms with van der Waals surface area (Å²) >= 11 is 0. The van der Waals surface area contributed by atoms with Gasteiger partial charge in [-0.3, -0.25) is 4.98 Å². The molecule has 5 rings (SSSR count). The lowest BCUT2D eigenvalue weighted by atomic mass is 9.67. The van der Waals surface area contributed by atoms with Crippen LogP contribution in [0, 0.1) is 5.92 Å². The Hall–Kier alpha value is -3.45. The topological polar surface area (TPSA) is 12.9 Å². The van der Waals surface area contributed by atoms with E-state index in [4.69, 9.17) is 4.98 Å². The standard InChI is InChI=1S/C32H31N.C2H6/c1-5-14-22(4)30-25(15-6-2)26(7-3)32(31(30)29-20-12-13-21-33-29)27-18-10-8-16-23(27)24-17-9-11-19-28(24)32;1-2/h6-13,15-22H,3,5,14H2,1-2,4H3;1-2H3/b15-6-;. The third-order valence-electron chi connectivity index (χ3n) is 7.25. The van der Waals surface area contributed by atoms with Crippen LogP contribution in [0.2, 0.25) is 0 Å². The van der Waals surface area contributed by atoms with Gasteiger partial charge in [0, 0.05) is 11.8 Å². The largest absolute Gasteiger partial charge is 0.257 e. The first-order valence-electron chi connectivity index (χ1n) is 13.1. The van der Waals surface area contributed by atoms with Gasteiger partial charge < -0.3 is 0 Å². The van der Waals surface area contributed by atoms with E-state index < -0.39 is 5.41 Å². The summed E-state index contributed by atoms with van der Waals surface area (Å²) in [6.45, 7) is 15.1. The molecule has 0 fully saturated rings. The minimum Gasteiger partial charge on any atom is -0.257 e. The minimum absolute atomic E-state index is 0.407. The molecule has 0 saturated heterocycles. The Balaban J connectivity index is 0.00000141. The molecule has 178 valence electrons. The molecule has 0 radical (unpaired) electrons. The SMILES string of the molecule is C=CC1=C(/C=C\C)C(C(C)CCC)=C(c2ccccn2)C12c1ccccc1-c1ccccc12.CC. The van der Waals surface area contributed by atoms with Gasteiger partial charge in [0.25, 0.3) is 0 Å². The third-order valence-corrected chi connectivity index (χ3v) is 7.25. The highest BCUT2D eigenvalue weighted by atomic mass is 14.7. The van der Waals surface area contributed by atoms with E-state index in [0.717, 1.165) is 18.5 Å². The molecule has 0 bridgehead atoms. The van der Waals surface area contributed by atoms with Crippen molar-refractivity contribution in [3.05, 3.63) is 131 Å². The molecule has 2 aliphatic carbocycles. The number of nitrogens with zero attached hydrogens (tertiary/aromatic N) is 1. The number of rotatable bonds is 6. The van der Waals surface area contributed by atoms with Crippen LogP contribution in [0.25, 0.3) is 16.7 Å². The van der Waals surface area contributed by atoms with Crippen LogP contribution in [0.4, 0.5) is 0 Å². The fourth-order valence-corrected chi connectivity index (χ4v) is 6.15. The number of hydrogen-bond acceptors (Lipinski definition) is 1. The molecule has 0 N–H and O–H groups in total. The van der Waals surface area contributed by atoms with Crippen LogP contribution in [0.1, 0.15) is 64.3 Å². The van der Waals surface area contributed by atoms with E-state index in [0.29, 0.717) is 5.92 Å². The fourth-order valence-electron chi connectivity index (χ4n) is 6.15. The van der Waals surface area contributed by atoms with Crippen LogP contribution < -0.4 is 0 Å². The number of benzene rings is 2. The van der Waals surface area contributed by atoms with Crippen molar-refractivity contribution < 1.29 is 0 Å². The first-order chi connectivity index (χ1) is 17.2. The molecule has 35 heavy (non-hydrogen) atoms. The highest BCUT2D eigenvalue weighted by Crippen LogP contribution is 2.64. The van der Waals surface area contributed by atoms with Gasteiger partial charge in [0.1, 0.15) is 0 Å². The molecule has 2 aromatic carbocycles. The Labute approximate surface area is 211 Å². The Kier molecular flexibility index (Phi) is 7.36. The number of fused-ring (bicyclic) bond motifs is 5. The lowest BCUT2D eigenvalue weighted by molar-refractivity contribution is 0.610. The maximum Gasteiger partial charge on any atom is 0.0743 e. The molecule has 1 unspecified atom stereocenters. The number of allylic oxidation sites excluding steroid dienone is 7. The van der Waals surface area contributed by atoms with Gasteiger partial charge in [-0.2, -0.15) is 0 Å². The van der Waals surface area contributed by atoms with Crippen LogP contribution in [0.3, 0.4) is 0 Å². The molecule has 1 heteroatoms. The van der Waals surface area contributed by atoms with Gasteiger partial charge in [0.05, 0.1) is 11.1 Å². The smallest absolute Gasteiger partial charge is 0.0743 e. The zero-order chi connectivity index (χ0) is 25.0. The van der Waals surface area contributed by atoms with Gasteiger partial charge in [0.2, 0.25) is 0 Å². The predicted octanol–water partition coefficient (Wildman–Crippen LogP) is 9.34. The molecular formula is C34H37N. The van der Waals surface area contributed by atoms with Gasteiger partial charge in [-0.15, -0.1) is 0 Å². The normalized spacial score (nSPS) is 16.3. The third kappa shape index (κ3) is 3.65. The van der Waals surface area contributed by atoms with Crippen molar-refractivity contribution in [3.8, 4) is 11.1 Å². The zero-order valence-corrected chi connectivity index (χ0v) is 21.8. The highest BCUT2D eigenvalue weighted by Gasteiger charge is 2.54. The fraction of sp³-hybridized carbons (Fsp3) is 0.265. The van der Waals surface area contributed by atoms with Crippen molar-refractivity contribution in [2.24, 2.45) is 5.92 Å². The van der Waals surface area contributed by atoms with Crippen molar-refractivity contribution in [2.45, 2.75) is 52.9 Å². The van der Waals surface area contributed by atoms with Crippen molar-refractivity contribution in [2.75, 3.05) is 0 Å². The second-order valence-corrected chi connectivity index (χ2v) is 9.07. The van der Waals surface area contributed by atoms with E-state index in [1.165, 1.54) is 44.5 Å². The molecular weight excluding hydrogens is 422 g/mol. The Bertz CT molecular complexity index is 1260. The Morgan fingerprint density at radius 3 is 2.03 bits per heavy atom. The van der Waals surface area contributed by atoms with Gasteiger partial charge in [-0.25, -0.2) is 0 Å². The van der Waals surface area contributed by atoms with Crippen molar-refractivity contribution in [1.29, 1.82) is 0 Å². The van der Waals surface area contributed by atoms with E-state index >= 15 is 0 Å². The van der Waals surface area contributed by atoms with Crippen LogP contribution in [-0.4, -0.2) is 4.98 Å². The zero-order valence-electron chi connectivity index (χ0n) is 21.8. The highest BCUT2D eigenvalue weighted by molar-refractivity contribution is 6.01. The molecule has 1 aromatic heterocycles. The summed E-state index contributed by atoms with van der Waals surface area (Å²) < 4.78 is 0. The van der Waals surface area contributed by atoms with Gasteiger partial charge in [-0.1, -0.05) is 114 Å². The summed E-state index contributed by atoms with van der Waals surface area (Å²) in [5, 5.41) is 0. The maximum atomic E-state index is 4.94. The molecule has 0 saturated carbocycles. The Morgan fingerprint density at radius 2 is 1.51 bits per heavy atom. The van der Waals surface area contributed by atoms with E-state index in [1.54, 1.807) is 0 Å². The van der Waals surface area contributed by atoms with Gasteiger partial charge >= 0.3 is 0 Å². The quantitative estimate of drug-likeness (QED) is 0.358. The van der Waals surface area contributed by atoms with Crippen LogP contribution in [-0.2, 0) is 5.41 Å². The number of aromatic nitrogens is 1. The summed E-state index contributed by atoms with van der Waals surface area (Å²) in [7, 11) is 0. The number of pyridine rings is 1. The molecule has 3 aromatic rings. The van der Waals surface area contributed by atoms with Crippen LogP contribution in [0.15, 0.2) is 114 Å². The van der Waals surface area contributed by atoms with E-state index in [1.807, 2.05) is 26.1 Å². The summed E-state index contributed by atoms with van der Waals surface area (Å²) in [4.78, 5) is 4.94. The summed E-state index contributed by atoms with van der Waals surface area (Å²) in [5.41, 5.74) is 11.3. The average molecular weight is 460 g/mol. The molecule has 2 aliphatic rings. The van der Waals surface area contributed by atoms with Crippen molar-refractivity contribution in [3.63, 3.8) is 0 Å². The summed E-state index contributed by atoms with van der Waals surface area (Å²) in [6.07, 6.45) is 10.8. The number of hydrogen-bond donors (Lipinski definition) is 0. The second-order valence-electron chi connectivity index (χ2n) is 9.07. The summed E-state index contributed by atoms with van der Waals surface area (Å²) in [6, 6.07) is 24.1. The molecule has 1 heterocycles. The maximum absolute atomic E-state index is 4.94. The second kappa shape index (κ2) is 10.4. The lowest BCUT2D eigenvalue weighted by Crippen LogP contribution is -2.28. The van der Waals surface area contributed by atoms with E-state index in [2.05, 4.69) is 106 Å². The van der Waals surface area contributed by atoms with Gasteiger partial charge in [0.15, 0.2) is 0 Å². The molecule has 1 nitrogen and oxygen atoms in total. The molecule has 0 aliphatic heterocycles. The van der Waals surface area contributed by atoms with Crippen LogP contribution in [0.5, 0.6) is 0 Å². The van der Waals surface area contributed by atoms with Crippen molar-refractivity contribution >= 4 is 5.57 Å². The van der Waals surface area contributed by atoms with E-state index in [9.17, 15) is 0 Å². The first kappa shape index (κ1) is 24.7. The van der Waals surface area contributed by atoms with E-state index in [-0.39, 0.29) is 0 Å². The van der Waals surface area contributed by atoms with Gasteiger partial charge in [-0.05, 0) is 70.4 Å². The van der Waals surface area contributed by atoms with Crippen LogP contribution >= 0.6 is 0 Å². The molecule has 1 atom stereocenters.